The lowest BCUT2D eigenvalue weighted by Crippen LogP contribution is -2.13. The second kappa shape index (κ2) is 13.4. The van der Waals surface area contributed by atoms with E-state index in [1.165, 1.54) is 0 Å². The molecule has 0 aromatic heterocycles. The van der Waals surface area contributed by atoms with E-state index in [1.54, 1.807) is 16.0 Å². The predicted octanol–water partition coefficient (Wildman–Crippen LogP) is 5.81. The van der Waals surface area contributed by atoms with Crippen LogP contribution in [0, 0.1) is 6.92 Å². The van der Waals surface area contributed by atoms with Gasteiger partial charge in [0.15, 0.2) is 8.38 Å². The molecule has 0 amide bonds. The molecule has 0 unspecified atom stereocenters. The number of carbonyl (C=O) groups excluding carboxylic acids is 1. The number of halogens is 1. The van der Waals surface area contributed by atoms with Crippen molar-refractivity contribution in [1.82, 2.24) is 0 Å². The van der Waals surface area contributed by atoms with Crippen LogP contribution in [-0.2, 0) is 31.5 Å². The largest absolute Gasteiger partial charge is 0.496 e. The number of fused-ring (bicyclic) bond motifs is 1. The summed E-state index contributed by atoms with van der Waals surface area (Å²) in [5, 5.41) is 0. The third-order valence-corrected chi connectivity index (χ3v) is 7.73. The fraction of sp³-hybridized carbons (Fsp3) is 0.667. The Morgan fingerprint density at radius 2 is 1.81 bits per heavy atom. The van der Waals surface area contributed by atoms with E-state index in [-0.39, 0.29) is 24.8 Å². The minimum Gasteiger partial charge on any atom is -0.496 e. The smallest absolute Gasteiger partial charge is 0.342 e. The summed E-state index contributed by atoms with van der Waals surface area (Å²) in [4.78, 5) is 12.4. The van der Waals surface area contributed by atoms with Crippen LogP contribution in [0.15, 0.2) is 0 Å². The molecule has 1 heterocycles. The highest BCUT2D eigenvalue weighted by Crippen LogP contribution is 2.44. The zero-order valence-electron chi connectivity index (χ0n) is 19.0. The summed E-state index contributed by atoms with van der Waals surface area (Å²) in [6.07, 6.45) is 1.04. The predicted molar refractivity (Wildman–Crippen MR) is 133 cm³/mol. The van der Waals surface area contributed by atoms with E-state index in [9.17, 15) is 4.79 Å². The molecule has 0 fully saturated rings. The maximum Gasteiger partial charge on any atom is 0.342 e. The molecule has 0 saturated carbocycles. The first-order valence-electron chi connectivity index (χ1n) is 10.2. The first-order chi connectivity index (χ1) is 14.8. The summed E-state index contributed by atoms with van der Waals surface area (Å²) in [5.74, 6) is 1.73. The van der Waals surface area contributed by atoms with E-state index in [2.05, 4.69) is 21.2 Å². The van der Waals surface area contributed by atoms with Gasteiger partial charge in [-0.2, -0.15) is 0 Å². The van der Waals surface area contributed by atoms with E-state index in [1.807, 2.05) is 34.6 Å². The van der Waals surface area contributed by atoms with Gasteiger partial charge in [0.2, 0.25) is 0 Å². The van der Waals surface area contributed by atoms with Crippen molar-refractivity contribution in [3.63, 3.8) is 0 Å². The number of carbonyl (C=O) groups is 1. The van der Waals surface area contributed by atoms with Crippen LogP contribution in [0.25, 0.3) is 0 Å². The molecule has 31 heavy (non-hydrogen) atoms. The Labute approximate surface area is 202 Å². The van der Waals surface area contributed by atoms with Gasteiger partial charge in [-0.1, -0.05) is 8.93 Å². The molecule has 176 valence electrons. The standard InChI is InChI=1S/C21H32IO7PS/c1-13(2)28-30(29-14(3)4)12-25-8-7-16-19(24-6)15(5)17-11-27-21(23)18(17)20(16)26-9-10-31-22/h13-14H,7-12H2,1-6H3. The van der Waals surface area contributed by atoms with Gasteiger partial charge in [-0.25, -0.2) is 4.79 Å². The van der Waals surface area contributed by atoms with Crippen molar-refractivity contribution >= 4 is 44.5 Å². The van der Waals surface area contributed by atoms with Crippen molar-refractivity contribution in [1.29, 1.82) is 0 Å². The van der Waals surface area contributed by atoms with Crippen LogP contribution in [0.5, 0.6) is 11.5 Å². The fourth-order valence-electron chi connectivity index (χ4n) is 3.26. The van der Waals surface area contributed by atoms with Crippen molar-refractivity contribution in [2.75, 3.05) is 32.4 Å². The first-order valence-corrected chi connectivity index (χ1v) is 15.1. The van der Waals surface area contributed by atoms with Gasteiger partial charge in [-0.05, 0) is 61.4 Å². The molecule has 1 aliphatic heterocycles. The Morgan fingerprint density at radius 1 is 1.13 bits per heavy atom. The second-order valence-corrected chi connectivity index (χ2v) is 11.3. The average molecular weight is 586 g/mol. The van der Waals surface area contributed by atoms with Gasteiger partial charge in [0.05, 0.1) is 32.5 Å². The molecule has 0 bridgehead atoms. The SMILES string of the molecule is COc1c(C)c2c(c(OCCSI)c1CCOCP(OC(C)C)OC(C)C)C(=O)OC2. The lowest BCUT2D eigenvalue weighted by molar-refractivity contribution is 0.0532. The van der Waals surface area contributed by atoms with Crippen molar-refractivity contribution in [3.05, 3.63) is 22.3 Å². The summed E-state index contributed by atoms with van der Waals surface area (Å²) in [5.41, 5.74) is 3.08. The molecule has 0 saturated heterocycles. The molecule has 7 nitrogen and oxygen atoms in total. The summed E-state index contributed by atoms with van der Waals surface area (Å²) >= 11 is 2.23. The average Bonchev–Trinajstić information content (AvgIpc) is 3.08. The third-order valence-electron chi connectivity index (χ3n) is 4.38. The Bertz CT molecular complexity index is 735. The van der Waals surface area contributed by atoms with Crippen LogP contribution in [0.4, 0.5) is 0 Å². The Balaban J connectivity index is 2.19. The highest BCUT2D eigenvalue weighted by Gasteiger charge is 2.33. The molecule has 1 aromatic rings. The highest BCUT2D eigenvalue weighted by atomic mass is 127. The quantitative estimate of drug-likeness (QED) is 0.117. The third kappa shape index (κ3) is 7.61. The van der Waals surface area contributed by atoms with Crippen LogP contribution < -0.4 is 9.47 Å². The van der Waals surface area contributed by atoms with Crippen LogP contribution in [0.2, 0.25) is 0 Å². The number of esters is 1. The maximum atomic E-state index is 12.4. The molecule has 10 heteroatoms. The van der Waals surface area contributed by atoms with Crippen LogP contribution in [0.3, 0.4) is 0 Å². The van der Waals surface area contributed by atoms with Gasteiger partial charge in [0.25, 0.3) is 0 Å². The van der Waals surface area contributed by atoms with Crippen molar-refractivity contribution in [3.8, 4) is 11.5 Å². The van der Waals surface area contributed by atoms with Gasteiger partial charge in [-0.15, -0.1) is 0 Å². The molecule has 0 N–H and O–H groups in total. The molecule has 0 atom stereocenters. The van der Waals surface area contributed by atoms with Gasteiger partial charge in [0, 0.05) is 23.3 Å². The number of benzene rings is 1. The molecular formula is C21H32IO7PS. The lowest BCUT2D eigenvalue weighted by Gasteiger charge is -2.22. The number of hydrogen-bond acceptors (Lipinski definition) is 8. The van der Waals surface area contributed by atoms with E-state index in [0.717, 1.165) is 28.2 Å². The Hall–Kier alpha value is -0.320. The Morgan fingerprint density at radius 3 is 2.39 bits per heavy atom. The van der Waals surface area contributed by atoms with E-state index in [0.29, 0.717) is 37.3 Å². The van der Waals surface area contributed by atoms with Crippen LogP contribution in [-0.4, -0.2) is 50.6 Å². The highest BCUT2D eigenvalue weighted by molar-refractivity contribution is 14.2. The van der Waals surface area contributed by atoms with E-state index < -0.39 is 8.38 Å². The number of ether oxygens (including phenoxy) is 4. The van der Waals surface area contributed by atoms with E-state index >= 15 is 0 Å². The normalized spacial score (nSPS) is 13.3. The molecule has 0 radical (unpaired) electrons. The molecule has 0 spiro atoms. The Kier molecular flexibility index (Phi) is 11.6. The number of cyclic esters (lactones) is 1. The molecule has 1 aromatic carbocycles. The lowest BCUT2D eigenvalue weighted by atomic mass is 9.95. The second-order valence-electron chi connectivity index (χ2n) is 7.49. The van der Waals surface area contributed by atoms with Gasteiger partial charge in [0.1, 0.15) is 30.0 Å². The summed E-state index contributed by atoms with van der Waals surface area (Å²) < 4.78 is 34.7. The topological polar surface area (TPSA) is 72.5 Å². The van der Waals surface area contributed by atoms with E-state index in [4.69, 9.17) is 28.0 Å². The van der Waals surface area contributed by atoms with Crippen molar-refractivity contribution in [2.24, 2.45) is 0 Å². The van der Waals surface area contributed by atoms with Crippen LogP contribution in [0.1, 0.15) is 54.7 Å². The van der Waals surface area contributed by atoms with Crippen molar-refractivity contribution in [2.45, 2.75) is 59.9 Å². The van der Waals surface area contributed by atoms with Crippen LogP contribution >= 0.6 is 38.5 Å². The number of methoxy groups -OCH3 is 1. The molecule has 0 aliphatic carbocycles. The van der Waals surface area contributed by atoms with Gasteiger partial charge >= 0.3 is 5.97 Å². The summed E-state index contributed by atoms with van der Waals surface area (Å²) in [6, 6.07) is 0. The first kappa shape index (κ1) is 26.9. The van der Waals surface area contributed by atoms with Gasteiger partial charge in [-0.3, -0.25) is 0 Å². The minimum atomic E-state index is -1.13. The minimum absolute atomic E-state index is 0.0645. The summed E-state index contributed by atoms with van der Waals surface area (Å²) in [6.45, 7) is 11.0. The van der Waals surface area contributed by atoms with Crippen molar-refractivity contribution < 1.29 is 32.8 Å². The molecule has 2 rings (SSSR count). The fourth-order valence-corrected chi connectivity index (χ4v) is 5.33. The number of hydrogen-bond donors (Lipinski definition) is 0. The zero-order chi connectivity index (χ0) is 23.0. The number of rotatable bonds is 14. The monoisotopic (exact) mass is 586 g/mol. The zero-order valence-corrected chi connectivity index (χ0v) is 22.9. The van der Waals surface area contributed by atoms with Gasteiger partial charge < -0.3 is 28.0 Å². The summed E-state index contributed by atoms with van der Waals surface area (Å²) in [7, 11) is 2.16. The molecular weight excluding hydrogens is 554 g/mol. The maximum absolute atomic E-state index is 12.4. The molecule has 1 aliphatic rings.